The molecule has 1 radical (unpaired) electrons. The van der Waals surface area contributed by atoms with E-state index in [1.54, 1.807) is 7.11 Å². The number of oxazole rings is 1. The van der Waals surface area contributed by atoms with Gasteiger partial charge >= 0.3 is 5.97 Å². The zero-order valence-electron chi connectivity index (χ0n) is 18.9. The Morgan fingerprint density at radius 3 is 2.62 bits per heavy atom. The van der Waals surface area contributed by atoms with E-state index < -0.39 is 5.97 Å². The molecule has 1 N–H and O–H groups in total. The minimum absolute atomic E-state index is 0. The van der Waals surface area contributed by atoms with E-state index in [1.807, 2.05) is 42.5 Å². The van der Waals surface area contributed by atoms with Crippen LogP contribution in [0.2, 0.25) is 0 Å². The second-order valence-electron chi connectivity index (χ2n) is 7.76. The van der Waals surface area contributed by atoms with Gasteiger partial charge in [-0.25, -0.2) is 4.98 Å². The Morgan fingerprint density at radius 1 is 1.19 bits per heavy atom. The fourth-order valence-electron chi connectivity index (χ4n) is 4.17. The second kappa shape index (κ2) is 11.0. The van der Waals surface area contributed by atoms with Gasteiger partial charge in [0.25, 0.3) is 0 Å². The van der Waals surface area contributed by atoms with E-state index in [4.69, 9.17) is 24.0 Å². The van der Waals surface area contributed by atoms with Crippen LogP contribution in [0.1, 0.15) is 48.3 Å². The number of fused-ring (bicyclic) bond motifs is 1. The molecule has 7 heteroatoms. The fraction of sp³-hybridized carbons (Fsp3) is 0.360. The van der Waals surface area contributed by atoms with Crippen LogP contribution in [0.25, 0.3) is 11.5 Å². The van der Waals surface area contributed by atoms with Crippen LogP contribution < -0.4 is 9.47 Å². The third-order valence-corrected chi connectivity index (χ3v) is 5.78. The van der Waals surface area contributed by atoms with Crippen molar-refractivity contribution in [2.24, 2.45) is 0 Å². The summed E-state index contributed by atoms with van der Waals surface area (Å²) in [5, 5.41) is 9.08. The number of rotatable bonds is 9. The van der Waals surface area contributed by atoms with Crippen molar-refractivity contribution in [3.8, 4) is 23.0 Å². The maximum absolute atomic E-state index is 11.0. The van der Waals surface area contributed by atoms with Gasteiger partial charge in [0.1, 0.15) is 17.3 Å². The zero-order valence-corrected chi connectivity index (χ0v) is 20.9. The van der Waals surface area contributed by atoms with Crippen LogP contribution in [0.3, 0.4) is 0 Å². The number of nitrogens with zero attached hydrogens (tertiary/aromatic N) is 1. The van der Waals surface area contributed by atoms with Crippen molar-refractivity contribution in [2.75, 3.05) is 13.7 Å². The molecule has 3 aromatic rings. The molecule has 0 fully saturated rings. The van der Waals surface area contributed by atoms with Crippen molar-refractivity contribution >= 4 is 35.5 Å². The van der Waals surface area contributed by atoms with Crippen LogP contribution in [0.4, 0.5) is 0 Å². The number of aliphatic carboxylic acids is 1. The third kappa shape index (κ3) is 5.55. The second-order valence-corrected chi connectivity index (χ2v) is 7.76. The van der Waals surface area contributed by atoms with Gasteiger partial charge < -0.3 is 19.0 Å². The van der Waals surface area contributed by atoms with Gasteiger partial charge in [0.15, 0.2) is 0 Å². The smallest absolute Gasteiger partial charge is 0.303 e. The summed E-state index contributed by atoms with van der Waals surface area (Å²) in [5.41, 5.74) is 4.16. The average molecular weight is 444 g/mol. The SMILES string of the molecule is CCc1oc(-c2ccc(OC)cc2)nc1CCOc1ccc2c(c1)CC[C@H]2CC(=O)O.[Na]. The molecule has 2 aromatic carbocycles. The van der Waals surface area contributed by atoms with E-state index in [-0.39, 0.29) is 41.9 Å². The number of hydrogen-bond donors (Lipinski definition) is 1. The van der Waals surface area contributed by atoms with Crippen LogP contribution in [0.15, 0.2) is 46.9 Å². The summed E-state index contributed by atoms with van der Waals surface area (Å²) >= 11 is 0. The molecule has 1 aliphatic carbocycles. The van der Waals surface area contributed by atoms with E-state index in [0.717, 1.165) is 53.3 Å². The van der Waals surface area contributed by atoms with Crippen molar-refractivity contribution in [2.45, 2.75) is 44.9 Å². The molecule has 1 aliphatic rings. The number of carboxylic acids is 1. The van der Waals surface area contributed by atoms with Crippen molar-refractivity contribution in [1.82, 2.24) is 4.98 Å². The van der Waals surface area contributed by atoms with E-state index >= 15 is 0 Å². The molecule has 1 atom stereocenters. The zero-order chi connectivity index (χ0) is 21.8. The molecule has 6 nitrogen and oxygen atoms in total. The number of hydrogen-bond acceptors (Lipinski definition) is 5. The molecule has 0 spiro atoms. The van der Waals surface area contributed by atoms with Crippen molar-refractivity contribution < 1.29 is 23.8 Å². The minimum atomic E-state index is -0.744. The molecule has 0 aliphatic heterocycles. The number of ether oxygens (including phenoxy) is 2. The van der Waals surface area contributed by atoms with Gasteiger partial charge in [-0.2, -0.15) is 0 Å². The number of benzene rings is 2. The molecular formula is C25H27NNaO5. The summed E-state index contributed by atoms with van der Waals surface area (Å²) in [5.74, 6) is 2.46. The van der Waals surface area contributed by atoms with Gasteiger partial charge in [-0.15, -0.1) is 0 Å². The summed E-state index contributed by atoms with van der Waals surface area (Å²) in [6, 6.07) is 13.7. The minimum Gasteiger partial charge on any atom is -0.497 e. The fourth-order valence-corrected chi connectivity index (χ4v) is 4.17. The first-order valence-electron chi connectivity index (χ1n) is 10.7. The maximum Gasteiger partial charge on any atom is 0.303 e. The molecule has 163 valence electrons. The molecule has 1 heterocycles. The Hall–Kier alpha value is -2.28. The molecule has 0 amide bonds. The van der Waals surface area contributed by atoms with Gasteiger partial charge in [-0.1, -0.05) is 13.0 Å². The maximum atomic E-state index is 11.0. The largest absolute Gasteiger partial charge is 0.497 e. The molecule has 0 unspecified atom stereocenters. The van der Waals surface area contributed by atoms with E-state index in [9.17, 15) is 4.79 Å². The van der Waals surface area contributed by atoms with Crippen LogP contribution in [0, 0.1) is 0 Å². The van der Waals surface area contributed by atoms with Crippen molar-refractivity contribution in [3.63, 3.8) is 0 Å². The van der Waals surface area contributed by atoms with Crippen LogP contribution >= 0.6 is 0 Å². The van der Waals surface area contributed by atoms with Crippen LogP contribution in [0.5, 0.6) is 11.5 Å². The average Bonchev–Trinajstić information content (AvgIpc) is 3.37. The summed E-state index contributed by atoms with van der Waals surface area (Å²) in [7, 11) is 1.64. The Labute approximate surface area is 210 Å². The molecule has 0 bridgehead atoms. The third-order valence-electron chi connectivity index (χ3n) is 5.78. The number of carboxylic acid groups (broad SMARTS) is 1. The van der Waals surface area contributed by atoms with Gasteiger partial charge in [-0.3, -0.25) is 4.79 Å². The Balaban J connectivity index is 0.00000289. The number of methoxy groups -OCH3 is 1. The normalized spacial score (nSPS) is 14.5. The first-order chi connectivity index (χ1) is 15.1. The van der Waals surface area contributed by atoms with Gasteiger partial charge in [0.2, 0.25) is 5.89 Å². The molecular weight excluding hydrogens is 417 g/mol. The standard InChI is InChI=1S/C25H27NO5.Na/c1-3-23-22(26-25(31-23)16-6-8-19(29-2)9-7-16)12-13-30-20-10-11-21-17(14-20)4-5-18(21)15-24(27)28;/h6-11,14,18H,3-5,12-13,15H2,1-2H3,(H,27,28);/t18-;/m0./s1. The predicted octanol–water partition coefficient (Wildman–Crippen LogP) is 4.66. The molecule has 4 rings (SSSR count). The molecule has 0 saturated heterocycles. The topological polar surface area (TPSA) is 81.8 Å². The van der Waals surface area contributed by atoms with Crippen molar-refractivity contribution in [3.05, 3.63) is 65.0 Å². The Bertz CT molecular complexity index is 1060. The summed E-state index contributed by atoms with van der Waals surface area (Å²) in [6.45, 7) is 2.55. The summed E-state index contributed by atoms with van der Waals surface area (Å²) < 4.78 is 17.2. The molecule has 1 aromatic heterocycles. The van der Waals surface area contributed by atoms with Crippen LogP contribution in [-0.4, -0.2) is 59.3 Å². The van der Waals surface area contributed by atoms with E-state index in [2.05, 4.69) is 6.92 Å². The van der Waals surface area contributed by atoms with E-state index in [1.165, 1.54) is 5.56 Å². The Kier molecular flexibility index (Phi) is 8.40. The van der Waals surface area contributed by atoms with Crippen molar-refractivity contribution in [1.29, 1.82) is 0 Å². The number of carbonyl (C=O) groups is 1. The first kappa shape index (κ1) is 24.4. The van der Waals surface area contributed by atoms with Gasteiger partial charge in [0.05, 0.1) is 25.8 Å². The monoisotopic (exact) mass is 444 g/mol. The number of aryl methyl sites for hydroxylation is 2. The first-order valence-corrected chi connectivity index (χ1v) is 10.7. The molecule has 0 saturated carbocycles. The Morgan fingerprint density at radius 2 is 1.94 bits per heavy atom. The van der Waals surface area contributed by atoms with Crippen LogP contribution in [-0.2, 0) is 24.1 Å². The molecule has 32 heavy (non-hydrogen) atoms. The van der Waals surface area contributed by atoms with E-state index in [0.29, 0.717) is 18.9 Å². The predicted molar refractivity (Wildman–Crippen MR) is 123 cm³/mol. The number of aromatic nitrogens is 1. The van der Waals surface area contributed by atoms with Gasteiger partial charge in [0, 0.05) is 48.0 Å². The quantitative estimate of drug-likeness (QED) is 0.484. The van der Waals surface area contributed by atoms with Gasteiger partial charge in [-0.05, 0) is 66.3 Å². The summed E-state index contributed by atoms with van der Waals surface area (Å²) in [4.78, 5) is 15.7. The summed E-state index contributed by atoms with van der Waals surface area (Å²) in [6.07, 6.45) is 3.40.